The van der Waals surface area contributed by atoms with Gasteiger partial charge in [0.1, 0.15) is 5.69 Å². The van der Waals surface area contributed by atoms with Gasteiger partial charge < -0.3 is 15.5 Å². The molecule has 34 heavy (non-hydrogen) atoms. The van der Waals surface area contributed by atoms with Crippen LogP contribution in [0, 0.1) is 17.0 Å². The summed E-state index contributed by atoms with van der Waals surface area (Å²) in [5, 5.41) is -0.0858. The van der Waals surface area contributed by atoms with Gasteiger partial charge in [0, 0.05) is 29.4 Å². The largest absolute Gasteiger partial charge is 0.493 e. The number of fused-ring (bicyclic) bond motifs is 1. The molecule has 0 bridgehead atoms. The lowest BCUT2D eigenvalue weighted by Gasteiger charge is -2.27. The summed E-state index contributed by atoms with van der Waals surface area (Å²) in [7, 11) is 1.10. The highest BCUT2D eigenvalue weighted by molar-refractivity contribution is 6.03. The summed E-state index contributed by atoms with van der Waals surface area (Å²) < 4.78 is 75.3. The smallest absolute Gasteiger partial charge is 0.394 e. The van der Waals surface area contributed by atoms with Crippen molar-refractivity contribution < 1.29 is 31.5 Å². The predicted molar refractivity (Wildman–Crippen MR) is 113 cm³/mol. The number of hydrogen-bond acceptors (Lipinski definition) is 4. The average molecular weight is 481 g/mol. The molecule has 1 aliphatic rings. The number of benzene rings is 1. The Morgan fingerprint density at radius 2 is 1.88 bits per heavy atom. The first-order valence-corrected chi connectivity index (χ1v) is 10.3. The van der Waals surface area contributed by atoms with E-state index in [2.05, 4.69) is 9.97 Å². The number of aromatic amines is 1. The van der Waals surface area contributed by atoms with Crippen LogP contribution in [-0.2, 0) is 0 Å². The SMILES string of the molecule is COc1c([C@@H]2C[C@](C)(C(F)(F)F)C[C@H]2c2cc(=O)c3c(C(N)=O)nccc3[nH]2)ccc(F)c1F. The number of nitrogens with two attached hydrogens (primary N) is 1. The van der Waals surface area contributed by atoms with Crippen LogP contribution in [0.15, 0.2) is 35.3 Å². The van der Waals surface area contributed by atoms with E-state index < -0.39 is 65.0 Å². The van der Waals surface area contributed by atoms with E-state index in [-0.39, 0.29) is 27.9 Å². The fourth-order valence-corrected chi connectivity index (χ4v) is 4.88. The van der Waals surface area contributed by atoms with Gasteiger partial charge in [-0.25, -0.2) is 4.39 Å². The maximum atomic E-state index is 14.4. The molecule has 0 unspecified atom stereocenters. The zero-order valence-electron chi connectivity index (χ0n) is 18.1. The molecule has 1 aromatic carbocycles. The van der Waals surface area contributed by atoms with Crippen LogP contribution in [0.25, 0.3) is 10.9 Å². The molecule has 1 amide bonds. The zero-order chi connectivity index (χ0) is 25.0. The molecule has 11 heteroatoms. The topological polar surface area (TPSA) is 98.1 Å². The first-order valence-electron chi connectivity index (χ1n) is 10.3. The number of nitrogens with one attached hydrogen (secondary N) is 1. The quantitative estimate of drug-likeness (QED) is 0.535. The Balaban J connectivity index is 1.93. The van der Waals surface area contributed by atoms with E-state index in [1.54, 1.807) is 0 Å². The lowest BCUT2D eigenvalue weighted by atomic mass is 9.85. The fourth-order valence-electron chi connectivity index (χ4n) is 4.88. The minimum Gasteiger partial charge on any atom is -0.493 e. The van der Waals surface area contributed by atoms with Crippen LogP contribution < -0.4 is 15.9 Å². The van der Waals surface area contributed by atoms with Crippen molar-refractivity contribution in [1.29, 1.82) is 0 Å². The van der Waals surface area contributed by atoms with Gasteiger partial charge in [-0.1, -0.05) is 13.0 Å². The molecule has 1 fully saturated rings. The summed E-state index contributed by atoms with van der Waals surface area (Å²) in [4.78, 5) is 31.3. The van der Waals surface area contributed by atoms with Crippen molar-refractivity contribution in [2.75, 3.05) is 7.11 Å². The van der Waals surface area contributed by atoms with Gasteiger partial charge in [0.15, 0.2) is 17.0 Å². The molecule has 3 N–H and O–H groups in total. The van der Waals surface area contributed by atoms with Gasteiger partial charge in [0.25, 0.3) is 5.91 Å². The lowest BCUT2D eigenvalue weighted by Crippen LogP contribution is -2.32. The van der Waals surface area contributed by atoms with E-state index in [9.17, 15) is 31.5 Å². The number of H-pyrrole nitrogens is 1. The molecule has 0 spiro atoms. The summed E-state index contributed by atoms with van der Waals surface area (Å²) in [5.74, 6) is -5.79. The van der Waals surface area contributed by atoms with Crippen LogP contribution in [0.5, 0.6) is 5.75 Å². The molecule has 0 aliphatic heterocycles. The molecule has 3 atom stereocenters. The first-order chi connectivity index (χ1) is 15.9. The molecule has 3 aromatic rings. The van der Waals surface area contributed by atoms with Crippen LogP contribution >= 0.6 is 0 Å². The minimum atomic E-state index is -4.59. The van der Waals surface area contributed by atoms with Crippen molar-refractivity contribution in [1.82, 2.24) is 9.97 Å². The second kappa shape index (κ2) is 8.07. The number of pyridine rings is 2. The highest BCUT2D eigenvalue weighted by Gasteiger charge is 2.58. The molecule has 180 valence electrons. The Labute approximate surface area is 189 Å². The second-order valence-electron chi connectivity index (χ2n) is 8.70. The number of amides is 1. The van der Waals surface area contributed by atoms with Crippen LogP contribution in [0.1, 0.15) is 53.3 Å². The van der Waals surface area contributed by atoms with Crippen molar-refractivity contribution in [3.05, 3.63) is 69.3 Å². The third-order valence-corrected chi connectivity index (χ3v) is 6.59. The number of rotatable bonds is 4. The van der Waals surface area contributed by atoms with Crippen LogP contribution in [0.3, 0.4) is 0 Å². The average Bonchev–Trinajstić information content (AvgIpc) is 3.13. The molecule has 2 heterocycles. The van der Waals surface area contributed by atoms with Crippen molar-refractivity contribution in [3.8, 4) is 5.75 Å². The number of halogens is 5. The monoisotopic (exact) mass is 481 g/mol. The van der Waals surface area contributed by atoms with E-state index in [0.717, 1.165) is 26.2 Å². The fraction of sp³-hybridized carbons (Fsp3) is 0.348. The minimum absolute atomic E-state index is 0.0628. The van der Waals surface area contributed by atoms with Crippen molar-refractivity contribution >= 4 is 16.8 Å². The Bertz CT molecular complexity index is 1350. The third kappa shape index (κ3) is 3.68. The molecular weight excluding hydrogens is 461 g/mol. The number of primary amides is 1. The number of aromatic nitrogens is 2. The Morgan fingerprint density at radius 3 is 2.50 bits per heavy atom. The predicted octanol–water partition coefficient (Wildman–Crippen LogP) is 4.54. The number of carbonyl (C=O) groups excluding carboxylic acids is 1. The third-order valence-electron chi connectivity index (χ3n) is 6.59. The summed E-state index contributed by atoms with van der Waals surface area (Å²) in [6.07, 6.45) is -4.21. The van der Waals surface area contributed by atoms with Gasteiger partial charge >= 0.3 is 6.18 Å². The highest BCUT2D eigenvalue weighted by atomic mass is 19.4. The van der Waals surface area contributed by atoms with Crippen LogP contribution in [0.4, 0.5) is 22.0 Å². The lowest BCUT2D eigenvalue weighted by molar-refractivity contribution is -0.216. The van der Waals surface area contributed by atoms with E-state index in [1.807, 2.05) is 0 Å². The van der Waals surface area contributed by atoms with E-state index in [4.69, 9.17) is 10.5 Å². The molecule has 4 rings (SSSR count). The van der Waals surface area contributed by atoms with Gasteiger partial charge in [0.2, 0.25) is 5.82 Å². The van der Waals surface area contributed by atoms with E-state index in [0.29, 0.717) is 0 Å². The highest BCUT2D eigenvalue weighted by Crippen LogP contribution is 2.61. The first kappa shape index (κ1) is 23.7. The van der Waals surface area contributed by atoms with Gasteiger partial charge in [-0.15, -0.1) is 0 Å². The van der Waals surface area contributed by atoms with Gasteiger partial charge in [-0.05, 0) is 30.9 Å². The van der Waals surface area contributed by atoms with Gasteiger partial charge in [-0.2, -0.15) is 17.6 Å². The summed E-state index contributed by atoms with van der Waals surface area (Å²) in [5.41, 5.74) is 2.59. The molecule has 0 radical (unpaired) electrons. The molecule has 0 saturated heterocycles. The Morgan fingerprint density at radius 1 is 1.21 bits per heavy atom. The second-order valence-corrected chi connectivity index (χ2v) is 8.70. The van der Waals surface area contributed by atoms with E-state index >= 15 is 0 Å². The number of nitrogens with zero attached hydrogens (tertiary/aromatic N) is 1. The summed E-state index contributed by atoms with van der Waals surface area (Å²) in [6, 6.07) is 4.53. The van der Waals surface area contributed by atoms with Crippen molar-refractivity contribution in [2.24, 2.45) is 11.1 Å². The Hall–Kier alpha value is -3.50. The molecule has 6 nitrogen and oxygen atoms in total. The normalized spacial score (nSPS) is 22.8. The number of ether oxygens (including phenoxy) is 1. The van der Waals surface area contributed by atoms with Crippen molar-refractivity contribution in [3.63, 3.8) is 0 Å². The van der Waals surface area contributed by atoms with Crippen LogP contribution in [0.2, 0.25) is 0 Å². The summed E-state index contributed by atoms with van der Waals surface area (Å²) in [6.45, 7) is 1.06. The molecule has 1 saturated carbocycles. The maximum absolute atomic E-state index is 14.4. The molecular formula is C23H20F5N3O3. The van der Waals surface area contributed by atoms with Gasteiger partial charge in [0.05, 0.1) is 23.4 Å². The van der Waals surface area contributed by atoms with E-state index in [1.165, 1.54) is 18.3 Å². The number of hydrogen-bond donors (Lipinski definition) is 2. The number of carbonyl (C=O) groups is 1. The number of alkyl halides is 3. The molecule has 2 aromatic heterocycles. The summed E-state index contributed by atoms with van der Waals surface area (Å²) >= 11 is 0. The molecule has 1 aliphatic carbocycles. The Kier molecular flexibility index (Phi) is 5.61. The van der Waals surface area contributed by atoms with Gasteiger partial charge in [-0.3, -0.25) is 14.6 Å². The van der Waals surface area contributed by atoms with Crippen molar-refractivity contribution in [2.45, 2.75) is 37.8 Å². The zero-order valence-corrected chi connectivity index (χ0v) is 18.1. The maximum Gasteiger partial charge on any atom is 0.394 e. The number of methoxy groups -OCH3 is 1. The standard InChI is InChI=1S/C23H20F5N3O3/c1-22(23(26,27)28)8-11(10-3-4-13(24)18(25)20(10)34-2)12(9-22)15-7-16(32)17-14(31-15)5-6-30-19(17)21(29)33/h3-7,11-12H,8-9H2,1-2H3,(H2,29,33)(H,31,32)/t11-,12+,22-/m0/s1. The van der Waals surface area contributed by atoms with Crippen LogP contribution in [-0.4, -0.2) is 29.2 Å².